The first kappa shape index (κ1) is 12.6. The van der Waals surface area contributed by atoms with Gasteiger partial charge in [0.1, 0.15) is 0 Å². The van der Waals surface area contributed by atoms with Crippen LogP contribution in [0.2, 0.25) is 0 Å². The first-order chi connectivity index (χ1) is 8.34. The van der Waals surface area contributed by atoms with Crippen molar-refractivity contribution in [1.82, 2.24) is 9.78 Å². The predicted molar refractivity (Wildman–Crippen MR) is 64.7 cm³/mol. The molecule has 1 saturated carbocycles. The van der Waals surface area contributed by atoms with Gasteiger partial charge in [-0.2, -0.15) is 0 Å². The molecule has 1 fully saturated rings. The maximum absolute atomic E-state index is 12.0. The molecule has 6 heteroatoms. The van der Waals surface area contributed by atoms with E-state index in [-0.39, 0.29) is 29.5 Å². The monoisotopic (exact) mass is 252 g/mol. The summed E-state index contributed by atoms with van der Waals surface area (Å²) in [7, 11) is 0. The number of nitrogens with zero attached hydrogens (tertiary/aromatic N) is 1. The van der Waals surface area contributed by atoms with E-state index in [4.69, 9.17) is 5.11 Å². The Labute approximate surface area is 103 Å². The van der Waals surface area contributed by atoms with E-state index in [2.05, 4.69) is 5.10 Å². The summed E-state index contributed by atoms with van der Waals surface area (Å²) in [6.45, 7) is 3.48. The van der Waals surface area contributed by atoms with Gasteiger partial charge in [-0.1, -0.05) is 0 Å². The topological polar surface area (TPSA) is 92.2 Å². The Morgan fingerprint density at radius 2 is 1.94 bits per heavy atom. The molecule has 0 aromatic carbocycles. The van der Waals surface area contributed by atoms with Crippen LogP contribution in [0.15, 0.2) is 9.59 Å². The van der Waals surface area contributed by atoms with E-state index in [9.17, 15) is 14.4 Å². The fourth-order valence-corrected chi connectivity index (χ4v) is 2.13. The number of H-pyrrole nitrogens is 1. The van der Waals surface area contributed by atoms with Crippen molar-refractivity contribution in [3.63, 3.8) is 0 Å². The van der Waals surface area contributed by atoms with Gasteiger partial charge in [-0.3, -0.25) is 19.5 Å². The van der Waals surface area contributed by atoms with Crippen molar-refractivity contribution >= 4 is 5.97 Å². The standard InChI is InChI=1S/C12H16N2O4/c1-7-8(2)11(18)14(13-10(7)17)6-12(3-4-12)5-9(15)16/h3-6H2,1-2H3,(H,13,17)(H,15,16). The number of aliphatic carboxylic acids is 1. The molecular formula is C12H16N2O4. The number of aromatic nitrogens is 2. The zero-order chi connectivity index (χ0) is 13.5. The van der Waals surface area contributed by atoms with Crippen LogP contribution in [0.4, 0.5) is 0 Å². The highest BCUT2D eigenvalue weighted by Crippen LogP contribution is 2.49. The van der Waals surface area contributed by atoms with Crippen LogP contribution in [0.5, 0.6) is 0 Å². The van der Waals surface area contributed by atoms with Crippen LogP contribution in [0.3, 0.4) is 0 Å². The Morgan fingerprint density at radius 3 is 2.44 bits per heavy atom. The summed E-state index contributed by atoms with van der Waals surface area (Å²) in [5, 5.41) is 11.3. The van der Waals surface area contributed by atoms with Crippen LogP contribution in [0.25, 0.3) is 0 Å². The fraction of sp³-hybridized carbons (Fsp3) is 0.583. The van der Waals surface area contributed by atoms with Crippen LogP contribution in [-0.4, -0.2) is 20.9 Å². The van der Waals surface area contributed by atoms with Crippen molar-refractivity contribution in [2.75, 3.05) is 0 Å². The van der Waals surface area contributed by atoms with Gasteiger partial charge in [-0.15, -0.1) is 0 Å². The van der Waals surface area contributed by atoms with E-state index >= 15 is 0 Å². The number of carbonyl (C=O) groups is 1. The second-order valence-corrected chi connectivity index (χ2v) is 5.15. The van der Waals surface area contributed by atoms with Crippen molar-refractivity contribution in [3.05, 3.63) is 31.8 Å². The van der Waals surface area contributed by atoms with Crippen molar-refractivity contribution in [2.24, 2.45) is 5.41 Å². The SMILES string of the molecule is Cc1c(C)c(=O)n(CC2(CC(=O)O)CC2)[nH]c1=O. The van der Waals surface area contributed by atoms with Gasteiger partial charge in [-0.05, 0) is 26.7 Å². The smallest absolute Gasteiger partial charge is 0.303 e. The lowest BCUT2D eigenvalue weighted by Gasteiger charge is -2.15. The number of rotatable bonds is 4. The van der Waals surface area contributed by atoms with Crippen LogP contribution in [0, 0.1) is 19.3 Å². The van der Waals surface area contributed by atoms with E-state index < -0.39 is 5.97 Å². The lowest BCUT2D eigenvalue weighted by molar-refractivity contribution is -0.138. The fourth-order valence-electron chi connectivity index (χ4n) is 2.13. The molecule has 0 amide bonds. The molecule has 6 nitrogen and oxygen atoms in total. The second-order valence-electron chi connectivity index (χ2n) is 5.15. The van der Waals surface area contributed by atoms with Gasteiger partial charge in [0.15, 0.2) is 0 Å². The van der Waals surface area contributed by atoms with Gasteiger partial charge in [0.2, 0.25) is 0 Å². The molecule has 0 unspecified atom stereocenters. The normalized spacial score (nSPS) is 16.6. The highest BCUT2D eigenvalue weighted by Gasteiger charge is 2.45. The molecular weight excluding hydrogens is 236 g/mol. The maximum atomic E-state index is 12.0. The minimum Gasteiger partial charge on any atom is -0.481 e. The number of carboxylic acids is 1. The molecule has 0 aliphatic heterocycles. The Balaban J connectivity index is 2.34. The zero-order valence-electron chi connectivity index (χ0n) is 10.4. The van der Waals surface area contributed by atoms with Gasteiger partial charge in [0.05, 0.1) is 6.42 Å². The van der Waals surface area contributed by atoms with Crippen LogP contribution >= 0.6 is 0 Å². The molecule has 0 radical (unpaired) electrons. The molecule has 0 saturated heterocycles. The summed E-state index contributed by atoms with van der Waals surface area (Å²) in [6, 6.07) is 0. The lowest BCUT2D eigenvalue weighted by Crippen LogP contribution is -2.35. The zero-order valence-corrected chi connectivity index (χ0v) is 10.4. The molecule has 0 spiro atoms. The summed E-state index contributed by atoms with van der Waals surface area (Å²) in [4.78, 5) is 34.3. The van der Waals surface area contributed by atoms with Crippen molar-refractivity contribution in [1.29, 1.82) is 0 Å². The Kier molecular flexibility index (Phi) is 2.88. The summed E-state index contributed by atoms with van der Waals surface area (Å²) in [5.41, 5.74) is -0.0634. The molecule has 1 aliphatic rings. The highest BCUT2D eigenvalue weighted by atomic mass is 16.4. The van der Waals surface area contributed by atoms with E-state index in [1.54, 1.807) is 13.8 Å². The average molecular weight is 252 g/mol. The highest BCUT2D eigenvalue weighted by molar-refractivity contribution is 5.68. The van der Waals surface area contributed by atoms with E-state index in [0.717, 1.165) is 12.8 Å². The van der Waals surface area contributed by atoms with Crippen molar-refractivity contribution in [2.45, 2.75) is 39.7 Å². The van der Waals surface area contributed by atoms with Gasteiger partial charge in [0, 0.05) is 23.1 Å². The molecule has 2 N–H and O–H groups in total. The van der Waals surface area contributed by atoms with E-state index in [1.807, 2.05) is 0 Å². The van der Waals surface area contributed by atoms with Gasteiger partial charge < -0.3 is 5.11 Å². The third-order valence-corrected chi connectivity index (χ3v) is 3.68. The first-order valence-electron chi connectivity index (χ1n) is 5.87. The third-order valence-electron chi connectivity index (χ3n) is 3.68. The Bertz CT molecular complexity index is 607. The summed E-state index contributed by atoms with van der Waals surface area (Å²) in [6.07, 6.45) is 1.59. The number of carboxylic acid groups (broad SMARTS) is 1. The second kappa shape index (κ2) is 4.12. The molecule has 2 rings (SSSR count). The Morgan fingerprint density at radius 1 is 1.33 bits per heavy atom. The van der Waals surface area contributed by atoms with Gasteiger partial charge in [-0.25, -0.2) is 4.68 Å². The number of hydrogen-bond acceptors (Lipinski definition) is 3. The van der Waals surface area contributed by atoms with E-state index in [0.29, 0.717) is 11.1 Å². The van der Waals surface area contributed by atoms with Crippen LogP contribution in [0.1, 0.15) is 30.4 Å². The molecule has 0 bridgehead atoms. The van der Waals surface area contributed by atoms with E-state index in [1.165, 1.54) is 4.68 Å². The molecule has 1 heterocycles. The summed E-state index contributed by atoms with van der Waals surface area (Å²) >= 11 is 0. The van der Waals surface area contributed by atoms with Crippen LogP contribution < -0.4 is 11.1 Å². The molecule has 98 valence electrons. The molecule has 0 atom stereocenters. The van der Waals surface area contributed by atoms with Crippen molar-refractivity contribution < 1.29 is 9.90 Å². The van der Waals surface area contributed by atoms with Gasteiger partial charge >= 0.3 is 5.97 Å². The average Bonchev–Trinajstić information content (AvgIpc) is 3.02. The minimum atomic E-state index is -0.869. The molecule has 1 aromatic rings. The number of nitrogens with one attached hydrogen (secondary N) is 1. The predicted octanol–water partition coefficient (Wildman–Crippen LogP) is 0.408. The summed E-state index contributed by atoms with van der Waals surface area (Å²) < 4.78 is 1.25. The molecule has 18 heavy (non-hydrogen) atoms. The Hall–Kier alpha value is -1.85. The third kappa shape index (κ3) is 2.23. The molecule has 1 aromatic heterocycles. The van der Waals surface area contributed by atoms with Crippen molar-refractivity contribution in [3.8, 4) is 0 Å². The summed E-state index contributed by atoms with van der Waals surface area (Å²) in [5.74, 6) is -0.869. The molecule has 1 aliphatic carbocycles. The largest absolute Gasteiger partial charge is 0.481 e. The lowest BCUT2D eigenvalue weighted by atomic mass is 10.0. The first-order valence-corrected chi connectivity index (χ1v) is 5.87. The van der Waals surface area contributed by atoms with Gasteiger partial charge in [0.25, 0.3) is 11.1 Å². The minimum absolute atomic E-state index is 0.0361. The quantitative estimate of drug-likeness (QED) is 0.811. The van der Waals surface area contributed by atoms with Crippen LogP contribution in [-0.2, 0) is 11.3 Å². The number of hydrogen-bond donors (Lipinski definition) is 2. The number of aromatic amines is 1. The maximum Gasteiger partial charge on any atom is 0.303 e.